The highest BCUT2D eigenvalue weighted by Crippen LogP contribution is 2.22. The normalized spacial score (nSPS) is 16.3. The van der Waals surface area contributed by atoms with Crippen LogP contribution in [0.2, 0.25) is 0 Å². The second-order valence-electron chi connectivity index (χ2n) is 6.89. The summed E-state index contributed by atoms with van der Waals surface area (Å²) in [4.78, 5) is 30.0. The number of aromatic nitrogens is 1. The third-order valence-corrected chi connectivity index (χ3v) is 4.88. The Morgan fingerprint density at radius 1 is 1.26 bits per heavy atom. The fourth-order valence-corrected chi connectivity index (χ4v) is 3.36. The van der Waals surface area contributed by atoms with E-state index >= 15 is 0 Å². The maximum Gasteiger partial charge on any atom is 0.271 e. The maximum atomic E-state index is 12.7. The van der Waals surface area contributed by atoms with Gasteiger partial charge in [0, 0.05) is 19.2 Å². The van der Waals surface area contributed by atoms with Crippen molar-refractivity contribution in [2.75, 3.05) is 13.2 Å². The zero-order chi connectivity index (χ0) is 19.2. The average Bonchev–Trinajstić information content (AvgIpc) is 3.14. The molecule has 1 aliphatic rings. The van der Waals surface area contributed by atoms with E-state index in [0.29, 0.717) is 18.8 Å². The quantitative estimate of drug-likeness (QED) is 0.815. The second kappa shape index (κ2) is 8.66. The van der Waals surface area contributed by atoms with Crippen molar-refractivity contribution in [3.05, 3.63) is 59.4 Å². The number of carbonyl (C=O) groups is 2. The van der Waals surface area contributed by atoms with Gasteiger partial charge in [-0.25, -0.2) is 4.98 Å². The number of pyridine rings is 1. The predicted molar refractivity (Wildman–Crippen MR) is 102 cm³/mol. The number of nitrogens with zero attached hydrogens (tertiary/aromatic N) is 2. The van der Waals surface area contributed by atoms with Crippen LogP contribution in [-0.2, 0) is 11.2 Å². The minimum absolute atomic E-state index is 0.0106. The molecule has 3 rings (SSSR count). The Morgan fingerprint density at radius 2 is 2.04 bits per heavy atom. The fraction of sp³-hybridized carbons (Fsp3) is 0.381. The Bertz CT molecular complexity index is 805. The van der Waals surface area contributed by atoms with Gasteiger partial charge in [-0.1, -0.05) is 29.8 Å². The van der Waals surface area contributed by atoms with Crippen LogP contribution in [0.15, 0.2) is 42.6 Å². The highest BCUT2D eigenvalue weighted by atomic mass is 16.5. The number of hydrogen-bond donors (Lipinski definition) is 1. The highest BCUT2D eigenvalue weighted by molar-refractivity contribution is 5.93. The molecule has 1 aliphatic heterocycles. The van der Waals surface area contributed by atoms with E-state index in [1.54, 1.807) is 12.1 Å². The van der Waals surface area contributed by atoms with Gasteiger partial charge in [0.25, 0.3) is 5.91 Å². The monoisotopic (exact) mass is 367 g/mol. The number of aryl methyl sites for hydroxylation is 2. The van der Waals surface area contributed by atoms with Gasteiger partial charge < -0.3 is 15.4 Å². The third kappa shape index (κ3) is 4.84. The topological polar surface area (TPSA) is 85.5 Å². The Balaban J connectivity index is 1.56. The third-order valence-electron chi connectivity index (χ3n) is 4.88. The summed E-state index contributed by atoms with van der Waals surface area (Å²) >= 11 is 0. The van der Waals surface area contributed by atoms with Gasteiger partial charge in [-0.05, 0) is 43.9 Å². The van der Waals surface area contributed by atoms with E-state index in [-0.39, 0.29) is 17.6 Å². The van der Waals surface area contributed by atoms with Crippen LogP contribution in [0.25, 0.3) is 0 Å². The number of rotatable bonds is 7. The lowest BCUT2D eigenvalue weighted by atomic mass is 10.1. The molecule has 27 heavy (non-hydrogen) atoms. The molecule has 0 radical (unpaired) electrons. The molecule has 142 valence electrons. The molecule has 0 spiro atoms. The van der Waals surface area contributed by atoms with Gasteiger partial charge in [0.15, 0.2) is 11.4 Å². The Hall–Kier alpha value is -2.89. The number of nitrogens with two attached hydrogens (primary N) is 1. The van der Waals surface area contributed by atoms with Crippen molar-refractivity contribution in [2.45, 2.75) is 38.6 Å². The summed E-state index contributed by atoms with van der Waals surface area (Å²) < 4.78 is 5.78. The smallest absolute Gasteiger partial charge is 0.271 e. The van der Waals surface area contributed by atoms with E-state index < -0.39 is 5.91 Å². The van der Waals surface area contributed by atoms with Crippen molar-refractivity contribution in [1.29, 1.82) is 0 Å². The minimum Gasteiger partial charge on any atom is -0.489 e. The first-order valence-corrected chi connectivity index (χ1v) is 9.27. The number of amides is 2. The van der Waals surface area contributed by atoms with E-state index in [1.165, 1.54) is 17.3 Å². The molecule has 1 aromatic heterocycles. The Kier molecular flexibility index (Phi) is 6.06. The Labute approximate surface area is 159 Å². The lowest BCUT2D eigenvalue weighted by Gasteiger charge is -2.25. The lowest BCUT2D eigenvalue weighted by Crippen LogP contribution is -2.39. The molecule has 2 amide bonds. The van der Waals surface area contributed by atoms with Crippen molar-refractivity contribution >= 4 is 11.8 Å². The van der Waals surface area contributed by atoms with Crippen LogP contribution in [0.5, 0.6) is 5.75 Å². The molecule has 2 aromatic rings. The van der Waals surface area contributed by atoms with Gasteiger partial charge >= 0.3 is 0 Å². The van der Waals surface area contributed by atoms with E-state index in [1.807, 2.05) is 4.90 Å². The van der Waals surface area contributed by atoms with Crippen LogP contribution in [0.3, 0.4) is 0 Å². The molecule has 1 saturated heterocycles. The number of likely N-dealkylation sites (tertiary alicyclic amines) is 1. The van der Waals surface area contributed by atoms with E-state index in [0.717, 1.165) is 25.8 Å². The van der Waals surface area contributed by atoms with Crippen LogP contribution in [-0.4, -0.2) is 40.9 Å². The van der Waals surface area contributed by atoms with Crippen molar-refractivity contribution in [3.63, 3.8) is 0 Å². The standard InChI is InChI=1S/C21H25N3O3/c1-15-6-8-16(9-7-15)10-11-19(25)24-13-3-4-17(24)14-27-18-5-2-12-23-20(18)21(22)26/h2,5-9,12,17H,3-4,10-11,13-14H2,1H3,(H2,22,26)/t17-/m1/s1. The molecule has 0 aliphatic carbocycles. The highest BCUT2D eigenvalue weighted by Gasteiger charge is 2.29. The van der Waals surface area contributed by atoms with Gasteiger partial charge in [0.1, 0.15) is 6.61 Å². The molecule has 0 saturated carbocycles. The SMILES string of the molecule is Cc1ccc(CCC(=O)N2CCC[C@@H]2COc2cccnc2C(N)=O)cc1. The van der Waals surface area contributed by atoms with Crippen LogP contribution < -0.4 is 10.5 Å². The molecular weight excluding hydrogens is 342 g/mol. The molecule has 2 N–H and O–H groups in total. The summed E-state index contributed by atoms with van der Waals surface area (Å²) in [5, 5.41) is 0. The van der Waals surface area contributed by atoms with Crippen molar-refractivity contribution in [2.24, 2.45) is 5.73 Å². The van der Waals surface area contributed by atoms with Gasteiger partial charge in [-0.3, -0.25) is 9.59 Å². The maximum absolute atomic E-state index is 12.7. The van der Waals surface area contributed by atoms with E-state index in [9.17, 15) is 9.59 Å². The zero-order valence-electron chi connectivity index (χ0n) is 15.6. The van der Waals surface area contributed by atoms with Gasteiger partial charge in [-0.2, -0.15) is 0 Å². The number of benzene rings is 1. The first-order chi connectivity index (χ1) is 13.0. The summed E-state index contributed by atoms with van der Waals surface area (Å²) in [6.07, 6.45) is 4.57. The number of ether oxygens (including phenoxy) is 1. The second-order valence-corrected chi connectivity index (χ2v) is 6.89. The van der Waals surface area contributed by atoms with Crippen LogP contribution in [0.4, 0.5) is 0 Å². The van der Waals surface area contributed by atoms with Crippen LogP contribution in [0.1, 0.15) is 40.9 Å². The molecule has 2 heterocycles. The molecule has 1 aromatic carbocycles. The number of hydrogen-bond acceptors (Lipinski definition) is 4. The summed E-state index contributed by atoms with van der Waals surface area (Å²) in [5.41, 5.74) is 7.83. The van der Waals surface area contributed by atoms with E-state index in [2.05, 4.69) is 36.2 Å². The molecular formula is C21H25N3O3. The minimum atomic E-state index is -0.622. The average molecular weight is 367 g/mol. The van der Waals surface area contributed by atoms with Gasteiger partial charge in [0.2, 0.25) is 5.91 Å². The predicted octanol–water partition coefficient (Wildman–Crippen LogP) is 2.49. The molecule has 0 unspecified atom stereocenters. The molecule has 1 atom stereocenters. The van der Waals surface area contributed by atoms with Gasteiger partial charge in [0.05, 0.1) is 6.04 Å². The van der Waals surface area contributed by atoms with Crippen molar-refractivity contribution < 1.29 is 14.3 Å². The molecule has 6 heteroatoms. The van der Waals surface area contributed by atoms with Crippen LogP contribution >= 0.6 is 0 Å². The van der Waals surface area contributed by atoms with Gasteiger partial charge in [-0.15, -0.1) is 0 Å². The molecule has 1 fully saturated rings. The molecule has 0 bridgehead atoms. The number of carbonyl (C=O) groups excluding carboxylic acids is 2. The first kappa shape index (κ1) is 18.9. The first-order valence-electron chi connectivity index (χ1n) is 9.27. The van der Waals surface area contributed by atoms with Crippen molar-refractivity contribution in [1.82, 2.24) is 9.88 Å². The largest absolute Gasteiger partial charge is 0.489 e. The fourth-order valence-electron chi connectivity index (χ4n) is 3.36. The summed E-state index contributed by atoms with van der Waals surface area (Å²) in [5.74, 6) is -0.116. The molecule has 6 nitrogen and oxygen atoms in total. The lowest BCUT2D eigenvalue weighted by molar-refractivity contribution is -0.132. The van der Waals surface area contributed by atoms with Crippen LogP contribution in [0, 0.1) is 6.92 Å². The van der Waals surface area contributed by atoms with Crippen molar-refractivity contribution in [3.8, 4) is 5.75 Å². The Morgan fingerprint density at radius 3 is 2.78 bits per heavy atom. The van der Waals surface area contributed by atoms with E-state index in [4.69, 9.17) is 10.5 Å². The summed E-state index contributed by atoms with van der Waals surface area (Å²) in [7, 11) is 0. The summed E-state index contributed by atoms with van der Waals surface area (Å²) in [6.45, 7) is 3.13. The number of primary amides is 1. The zero-order valence-corrected chi connectivity index (χ0v) is 15.6. The summed E-state index contributed by atoms with van der Waals surface area (Å²) in [6, 6.07) is 11.7.